The maximum atomic E-state index is 15.2. The monoisotopic (exact) mass is 564 g/mol. The number of rotatable bonds is 7. The van der Waals surface area contributed by atoms with Crippen LogP contribution in [0.15, 0.2) is 55.5 Å². The summed E-state index contributed by atoms with van der Waals surface area (Å²) < 4.78 is 48.3. The Morgan fingerprint density at radius 3 is 2.66 bits per heavy atom. The van der Waals surface area contributed by atoms with E-state index in [2.05, 4.69) is 37.0 Å². The number of hydrogen-bond acceptors (Lipinski definition) is 8. The topological polar surface area (TPSA) is 112 Å². The van der Waals surface area contributed by atoms with Gasteiger partial charge in [-0.15, -0.1) is 0 Å². The van der Waals surface area contributed by atoms with E-state index in [0.717, 1.165) is 18.5 Å². The van der Waals surface area contributed by atoms with E-state index in [9.17, 15) is 13.6 Å². The summed E-state index contributed by atoms with van der Waals surface area (Å²) in [4.78, 5) is 28.0. The molecule has 2 aliphatic rings. The number of nitrogens with one attached hydrogen (secondary N) is 2. The van der Waals surface area contributed by atoms with Gasteiger partial charge in [-0.1, -0.05) is 6.58 Å². The molecule has 0 saturated carbocycles. The minimum Gasteiger partial charge on any atom is -0.457 e. The molecule has 0 spiro atoms. The molecule has 0 aliphatic carbocycles. The third-order valence-corrected chi connectivity index (χ3v) is 7.41. The Balaban J connectivity index is 1.18. The summed E-state index contributed by atoms with van der Waals surface area (Å²) in [7, 11) is 0. The minimum atomic E-state index is -2.75. The first-order valence-corrected chi connectivity index (χ1v) is 13.2. The van der Waals surface area contributed by atoms with Crippen molar-refractivity contribution in [2.24, 2.45) is 0 Å². The van der Waals surface area contributed by atoms with Crippen molar-refractivity contribution in [2.75, 3.05) is 36.4 Å². The second-order valence-electron chi connectivity index (χ2n) is 10.1. The molecule has 4 aromatic rings. The van der Waals surface area contributed by atoms with E-state index in [0.29, 0.717) is 41.5 Å². The van der Waals surface area contributed by atoms with Gasteiger partial charge in [-0.25, -0.2) is 28.1 Å². The van der Waals surface area contributed by atoms with Crippen LogP contribution in [0.5, 0.6) is 11.5 Å². The number of nitrogens with zero attached hydrogens (tertiary/aromatic N) is 6. The van der Waals surface area contributed by atoms with Gasteiger partial charge in [-0.05, 0) is 37.1 Å². The van der Waals surface area contributed by atoms with Gasteiger partial charge in [0.2, 0.25) is 5.91 Å². The van der Waals surface area contributed by atoms with Crippen molar-refractivity contribution in [3.8, 4) is 11.5 Å². The van der Waals surface area contributed by atoms with Gasteiger partial charge in [0.25, 0.3) is 5.92 Å². The molecule has 1 aromatic carbocycles. The highest BCUT2D eigenvalue weighted by molar-refractivity contribution is 5.91. The fourth-order valence-electron chi connectivity index (χ4n) is 5.28. The lowest BCUT2D eigenvalue weighted by Gasteiger charge is -2.31. The highest BCUT2D eigenvalue weighted by Gasteiger charge is 2.38. The van der Waals surface area contributed by atoms with Crippen molar-refractivity contribution in [2.45, 2.75) is 31.1 Å². The lowest BCUT2D eigenvalue weighted by Crippen LogP contribution is -2.36. The summed E-state index contributed by atoms with van der Waals surface area (Å²) in [6.45, 7) is 4.53. The Labute approximate surface area is 233 Å². The molecule has 2 N–H and O–H groups in total. The van der Waals surface area contributed by atoms with Crippen LogP contribution >= 0.6 is 0 Å². The van der Waals surface area contributed by atoms with Gasteiger partial charge in [0.1, 0.15) is 35.3 Å². The van der Waals surface area contributed by atoms with Gasteiger partial charge in [-0.3, -0.25) is 9.89 Å². The van der Waals surface area contributed by atoms with E-state index in [-0.39, 0.29) is 36.2 Å². The lowest BCUT2D eigenvalue weighted by molar-refractivity contribution is -0.127. The molecule has 2 aliphatic heterocycles. The molecule has 5 heterocycles. The Morgan fingerprint density at radius 2 is 1.93 bits per heavy atom. The molecule has 0 unspecified atom stereocenters. The van der Waals surface area contributed by atoms with Crippen molar-refractivity contribution in [1.82, 2.24) is 30.0 Å². The van der Waals surface area contributed by atoms with E-state index in [1.54, 1.807) is 23.1 Å². The van der Waals surface area contributed by atoms with Crippen LogP contribution in [0.2, 0.25) is 0 Å². The molecule has 0 radical (unpaired) electrons. The van der Waals surface area contributed by atoms with Crippen molar-refractivity contribution in [3.63, 3.8) is 0 Å². The Bertz CT molecular complexity index is 1600. The zero-order chi connectivity index (χ0) is 28.6. The molecule has 1 amide bonds. The number of likely N-dealkylation sites (tertiary alicyclic amines) is 1. The molecule has 212 valence electrons. The average Bonchev–Trinajstić information content (AvgIpc) is 3.58. The second-order valence-corrected chi connectivity index (χ2v) is 10.1. The number of aromatic amines is 1. The van der Waals surface area contributed by atoms with Crippen LogP contribution in [0.1, 0.15) is 30.9 Å². The number of fused-ring (bicyclic) bond motifs is 1. The van der Waals surface area contributed by atoms with Crippen LogP contribution in [-0.4, -0.2) is 68.1 Å². The SMILES string of the molecule is C=CC(=O)N1CCC(c2[nH]nc3ncnc(Nc4ccc(Oc5ccnc(N6CCC(F)(F)C6)c5)cc4F)c23)CC1. The Morgan fingerprint density at radius 1 is 1.12 bits per heavy atom. The number of halogens is 3. The largest absolute Gasteiger partial charge is 0.457 e. The van der Waals surface area contributed by atoms with Gasteiger partial charge in [-0.2, -0.15) is 5.10 Å². The third-order valence-electron chi connectivity index (χ3n) is 7.41. The van der Waals surface area contributed by atoms with Crippen LogP contribution in [0.4, 0.5) is 30.5 Å². The normalized spacial score (nSPS) is 17.1. The number of aromatic nitrogens is 5. The lowest BCUT2D eigenvalue weighted by atomic mass is 9.92. The van der Waals surface area contributed by atoms with Crippen LogP contribution in [0, 0.1) is 5.82 Å². The predicted octanol–water partition coefficient (Wildman–Crippen LogP) is 5.16. The smallest absolute Gasteiger partial charge is 0.266 e. The third kappa shape index (κ3) is 5.52. The average molecular weight is 565 g/mol. The summed E-state index contributed by atoms with van der Waals surface area (Å²) in [5.74, 6) is -1.96. The first kappa shape index (κ1) is 26.5. The molecule has 0 atom stereocenters. The molecule has 6 rings (SSSR count). The van der Waals surface area contributed by atoms with E-state index in [1.807, 2.05) is 0 Å². The zero-order valence-electron chi connectivity index (χ0n) is 22.0. The zero-order valence-corrected chi connectivity index (χ0v) is 22.0. The number of amides is 1. The van der Waals surface area contributed by atoms with Crippen LogP contribution in [0.3, 0.4) is 0 Å². The standard InChI is InChI=1S/C28H27F3N8O2/c1-2-23(40)38-10-6-17(7-11-38)25-24-26(33-16-34-27(24)37-36-25)35-21-4-3-18(13-20(21)29)41-19-5-9-32-22(14-19)39-12-8-28(30,31)15-39/h2-5,9,13-14,16-17H,1,6-8,10-12,15H2,(H2,33,34,35,36,37). The molecule has 3 aromatic heterocycles. The highest BCUT2D eigenvalue weighted by Crippen LogP contribution is 2.36. The van der Waals surface area contributed by atoms with E-state index < -0.39 is 18.3 Å². The Hall–Kier alpha value is -4.68. The second kappa shape index (κ2) is 10.7. The number of hydrogen-bond donors (Lipinski definition) is 2. The molecule has 2 saturated heterocycles. The van der Waals surface area contributed by atoms with Gasteiger partial charge in [0.15, 0.2) is 5.65 Å². The molecule has 0 bridgehead atoms. The number of anilines is 3. The van der Waals surface area contributed by atoms with E-state index in [4.69, 9.17) is 4.74 Å². The van der Waals surface area contributed by atoms with Crippen molar-refractivity contribution >= 4 is 34.3 Å². The summed E-state index contributed by atoms with van der Waals surface area (Å²) in [6.07, 6.45) is 5.36. The highest BCUT2D eigenvalue weighted by atomic mass is 19.3. The molecule has 10 nitrogen and oxygen atoms in total. The minimum absolute atomic E-state index is 0.0906. The van der Waals surface area contributed by atoms with Gasteiger partial charge < -0.3 is 19.9 Å². The summed E-state index contributed by atoms with van der Waals surface area (Å²) in [5, 5.41) is 11.1. The maximum Gasteiger partial charge on any atom is 0.266 e. The number of alkyl halides is 2. The van der Waals surface area contributed by atoms with Crippen molar-refractivity contribution in [1.29, 1.82) is 0 Å². The van der Waals surface area contributed by atoms with Crippen molar-refractivity contribution in [3.05, 3.63) is 67.0 Å². The fraction of sp³-hybridized carbons (Fsp3) is 0.321. The van der Waals surface area contributed by atoms with E-state index >= 15 is 4.39 Å². The Kier molecular flexibility index (Phi) is 6.93. The van der Waals surface area contributed by atoms with Gasteiger partial charge in [0.05, 0.1) is 23.3 Å². The quantitative estimate of drug-likeness (QED) is 0.296. The summed E-state index contributed by atoms with van der Waals surface area (Å²) in [5.41, 5.74) is 1.45. The molecule has 41 heavy (non-hydrogen) atoms. The number of ether oxygens (including phenoxy) is 1. The fourth-order valence-corrected chi connectivity index (χ4v) is 5.28. The summed E-state index contributed by atoms with van der Waals surface area (Å²) >= 11 is 0. The first-order valence-electron chi connectivity index (χ1n) is 13.2. The van der Waals surface area contributed by atoms with Crippen LogP contribution < -0.4 is 15.0 Å². The maximum absolute atomic E-state index is 15.2. The van der Waals surface area contributed by atoms with Gasteiger partial charge >= 0.3 is 0 Å². The molecular weight excluding hydrogens is 537 g/mol. The number of carbonyl (C=O) groups is 1. The number of pyridine rings is 1. The number of H-pyrrole nitrogens is 1. The first-order chi connectivity index (χ1) is 19.8. The molecule has 13 heteroatoms. The number of piperidine rings is 1. The van der Waals surface area contributed by atoms with Crippen LogP contribution in [0.25, 0.3) is 11.0 Å². The number of carbonyl (C=O) groups excluding carboxylic acids is 1. The van der Waals surface area contributed by atoms with E-state index in [1.165, 1.54) is 35.6 Å². The molecule has 2 fully saturated rings. The van der Waals surface area contributed by atoms with Crippen molar-refractivity contribution < 1.29 is 22.7 Å². The number of benzene rings is 1. The molecular formula is C28H27F3N8O2. The van der Waals surface area contributed by atoms with Gasteiger partial charge in [0, 0.05) is 50.3 Å². The predicted molar refractivity (Wildman–Crippen MR) is 146 cm³/mol. The summed E-state index contributed by atoms with van der Waals surface area (Å²) in [6, 6.07) is 7.49. The van der Waals surface area contributed by atoms with Crippen LogP contribution in [-0.2, 0) is 4.79 Å².